The minimum atomic E-state index is -0.0634. The first-order valence-electron chi connectivity index (χ1n) is 30.5. The maximum atomic E-state index is 2.77. The molecule has 3 nitrogen and oxygen atoms in total. The molecule has 0 radical (unpaired) electrons. The highest BCUT2D eigenvalue weighted by Crippen LogP contribution is 2.57. The van der Waals surface area contributed by atoms with Crippen LogP contribution in [0.15, 0.2) is 188 Å². The van der Waals surface area contributed by atoms with E-state index < -0.39 is 0 Å². The van der Waals surface area contributed by atoms with Gasteiger partial charge in [-0.3, -0.25) is 0 Å². The lowest BCUT2D eigenvalue weighted by Gasteiger charge is -2.49. The average Bonchev–Trinajstić information content (AvgIpc) is 3.81. The van der Waals surface area contributed by atoms with Gasteiger partial charge in [0.15, 0.2) is 0 Å². The Morgan fingerprint density at radius 2 is 0.720 bits per heavy atom. The smallest absolute Gasteiger partial charge is 0.252 e. The number of fused-ring (bicyclic) bond motifs is 7. The highest BCUT2D eigenvalue weighted by atomic mass is 15.2. The summed E-state index contributed by atoms with van der Waals surface area (Å²) in [5.41, 5.74) is 30.0. The van der Waals surface area contributed by atoms with Gasteiger partial charge in [-0.05, 0) is 210 Å². The molecular formula is C78H80BN3. The molecule has 0 atom stereocenters. The minimum Gasteiger partial charge on any atom is -0.311 e. The molecule has 0 spiro atoms. The maximum Gasteiger partial charge on any atom is 0.252 e. The summed E-state index contributed by atoms with van der Waals surface area (Å²) >= 11 is 0. The minimum absolute atomic E-state index is 0.00621. The van der Waals surface area contributed by atoms with Gasteiger partial charge < -0.3 is 14.7 Å². The lowest BCUT2D eigenvalue weighted by atomic mass is 9.33. The highest BCUT2D eigenvalue weighted by Gasteiger charge is 2.51. The van der Waals surface area contributed by atoms with Crippen LogP contribution in [0.3, 0.4) is 0 Å². The van der Waals surface area contributed by atoms with Crippen molar-refractivity contribution in [2.45, 2.75) is 155 Å². The molecule has 5 aliphatic rings. The van der Waals surface area contributed by atoms with Gasteiger partial charge in [0.05, 0.1) is 11.4 Å². The zero-order valence-corrected chi connectivity index (χ0v) is 50.9. The van der Waals surface area contributed by atoms with E-state index in [1.165, 1.54) is 118 Å². The van der Waals surface area contributed by atoms with Gasteiger partial charge in [0.2, 0.25) is 0 Å². The number of hydrogen-bond donors (Lipinski definition) is 0. The van der Waals surface area contributed by atoms with Crippen LogP contribution in [0.1, 0.15) is 154 Å². The second-order valence-electron chi connectivity index (χ2n) is 29.0. The Balaban J connectivity index is 1.18. The molecule has 82 heavy (non-hydrogen) atoms. The molecule has 3 aliphatic carbocycles. The molecule has 0 bridgehead atoms. The van der Waals surface area contributed by atoms with Gasteiger partial charge in [-0.15, -0.1) is 0 Å². The molecule has 0 amide bonds. The normalized spacial score (nSPS) is 18.6. The van der Waals surface area contributed by atoms with Crippen LogP contribution in [0, 0.1) is 6.92 Å². The number of anilines is 9. The van der Waals surface area contributed by atoms with E-state index in [-0.39, 0.29) is 39.2 Å². The second kappa shape index (κ2) is 18.2. The first-order valence-corrected chi connectivity index (χ1v) is 30.5. The zero-order chi connectivity index (χ0) is 57.0. The van der Waals surface area contributed by atoms with Crippen LogP contribution < -0.4 is 31.1 Å². The predicted octanol–water partition coefficient (Wildman–Crippen LogP) is 19.5. The number of aryl methyl sites for hydroxylation is 1. The molecule has 0 unspecified atom stereocenters. The lowest BCUT2D eigenvalue weighted by Crippen LogP contribution is -2.62. The van der Waals surface area contributed by atoms with Crippen LogP contribution in [0.2, 0.25) is 0 Å². The van der Waals surface area contributed by atoms with E-state index >= 15 is 0 Å². The summed E-state index contributed by atoms with van der Waals surface area (Å²) in [5, 5.41) is 0. The van der Waals surface area contributed by atoms with Crippen LogP contribution in [0.5, 0.6) is 0 Å². The molecule has 14 rings (SSSR count). The van der Waals surface area contributed by atoms with E-state index in [1.54, 1.807) is 0 Å². The molecular weight excluding hydrogens is 990 g/mol. The molecule has 0 saturated carbocycles. The standard InChI is InChI=1S/C78H80BN3/c1-50-40-58-61(75(6,7)38-36-73(58,2)3)46-67(50)82-69-48-63-60(77(10,11)49-78(63,12)13)45-65(69)79-64-44-59-62(76(8,9)39-37-74(59,4)5)47-68(64)81(66-35-34-53(51-26-18-14-19-27-51)41-57(66)52-28-20-15-21-29-52)70-42-56(43-71(82)72(70)79)80(54-30-22-16-23-31-54)55-32-24-17-25-33-55/h14-35,40-48H,36-39,49H2,1-13H3. The quantitative estimate of drug-likeness (QED) is 0.147. The van der Waals surface area contributed by atoms with Crippen molar-refractivity contribution in [1.82, 2.24) is 0 Å². The first kappa shape index (κ1) is 52.5. The molecule has 2 aliphatic heterocycles. The predicted molar refractivity (Wildman–Crippen MR) is 352 cm³/mol. The molecule has 4 heteroatoms. The van der Waals surface area contributed by atoms with Gasteiger partial charge in [-0.2, -0.15) is 0 Å². The van der Waals surface area contributed by atoms with Crippen molar-refractivity contribution >= 4 is 74.3 Å². The molecule has 9 aromatic rings. The maximum absolute atomic E-state index is 2.77. The van der Waals surface area contributed by atoms with Crippen molar-refractivity contribution in [2.24, 2.45) is 0 Å². The molecule has 410 valence electrons. The first-order chi connectivity index (χ1) is 39.0. The Labute approximate surface area is 490 Å². The molecule has 0 aromatic heterocycles. The van der Waals surface area contributed by atoms with E-state index in [9.17, 15) is 0 Å². The van der Waals surface area contributed by atoms with Crippen molar-refractivity contribution < 1.29 is 0 Å². The van der Waals surface area contributed by atoms with Crippen LogP contribution in [-0.4, -0.2) is 6.71 Å². The van der Waals surface area contributed by atoms with E-state index in [0.29, 0.717) is 0 Å². The molecule has 0 saturated heterocycles. The van der Waals surface area contributed by atoms with Crippen molar-refractivity contribution in [1.29, 1.82) is 0 Å². The Morgan fingerprint density at radius 1 is 0.329 bits per heavy atom. The highest BCUT2D eigenvalue weighted by molar-refractivity contribution is 7.00. The van der Waals surface area contributed by atoms with Crippen LogP contribution in [0.25, 0.3) is 22.3 Å². The second-order valence-corrected chi connectivity index (χ2v) is 29.0. The number of benzene rings is 9. The summed E-state index contributed by atoms with van der Waals surface area (Å²) in [4.78, 5) is 8.00. The molecule has 0 N–H and O–H groups in total. The molecule has 0 fully saturated rings. The summed E-state index contributed by atoms with van der Waals surface area (Å²) < 4.78 is 0. The Hall–Kier alpha value is -7.56. The Bertz CT molecular complexity index is 3990. The molecule has 9 aromatic carbocycles. The Kier molecular flexibility index (Phi) is 11.7. The van der Waals surface area contributed by atoms with Gasteiger partial charge in [0.25, 0.3) is 6.71 Å². The number of hydrogen-bond acceptors (Lipinski definition) is 3. The molecule has 2 heterocycles. The monoisotopic (exact) mass is 1070 g/mol. The Morgan fingerprint density at radius 3 is 1.21 bits per heavy atom. The number of rotatable bonds is 7. The SMILES string of the molecule is Cc1cc2c(cc1N1c3cc4c(cc3B3c5cc6c(cc5N(c5ccc(-c7ccccc7)cc5-c5ccccc5)c5cc(N(c7ccccc7)c7ccccc7)cc1c53)C(C)(C)CCC6(C)C)C(C)(C)CC4(C)C)C(C)(C)CCC2(C)C. The van der Waals surface area contributed by atoms with Crippen LogP contribution >= 0.6 is 0 Å². The van der Waals surface area contributed by atoms with Crippen molar-refractivity contribution in [3.05, 3.63) is 227 Å². The summed E-state index contributed by atoms with van der Waals surface area (Å²) in [5.74, 6) is 0. The van der Waals surface area contributed by atoms with E-state index in [1.807, 2.05) is 0 Å². The van der Waals surface area contributed by atoms with E-state index in [0.717, 1.165) is 42.7 Å². The van der Waals surface area contributed by atoms with E-state index in [2.05, 4.69) is 293 Å². The fourth-order valence-electron chi connectivity index (χ4n) is 16.1. The zero-order valence-electron chi connectivity index (χ0n) is 50.9. The van der Waals surface area contributed by atoms with Crippen LogP contribution in [-0.2, 0) is 32.5 Å². The summed E-state index contributed by atoms with van der Waals surface area (Å²) in [6.07, 6.45) is 5.69. The van der Waals surface area contributed by atoms with Crippen molar-refractivity contribution in [3.63, 3.8) is 0 Å². The number of para-hydroxylation sites is 2. The summed E-state index contributed by atoms with van der Waals surface area (Å²) in [6.45, 7) is 32.3. The van der Waals surface area contributed by atoms with Gasteiger partial charge in [0.1, 0.15) is 0 Å². The van der Waals surface area contributed by atoms with Crippen LogP contribution in [0.4, 0.5) is 51.2 Å². The largest absolute Gasteiger partial charge is 0.311 e. The summed E-state index contributed by atoms with van der Waals surface area (Å²) in [6, 6.07) is 72.7. The van der Waals surface area contributed by atoms with Gasteiger partial charge >= 0.3 is 0 Å². The summed E-state index contributed by atoms with van der Waals surface area (Å²) in [7, 11) is 0. The third-order valence-corrected chi connectivity index (χ3v) is 20.6. The average molecular weight is 1070 g/mol. The van der Waals surface area contributed by atoms with Gasteiger partial charge in [-0.1, -0.05) is 204 Å². The van der Waals surface area contributed by atoms with Gasteiger partial charge in [-0.25, -0.2) is 0 Å². The lowest BCUT2D eigenvalue weighted by molar-refractivity contribution is 0.332. The van der Waals surface area contributed by atoms with Gasteiger partial charge in [0, 0.05) is 45.4 Å². The third kappa shape index (κ3) is 8.12. The number of nitrogens with zero attached hydrogens (tertiary/aromatic N) is 3. The van der Waals surface area contributed by atoms with Crippen molar-refractivity contribution in [3.8, 4) is 22.3 Å². The fourth-order valence-corrected chi connectivity index (χ4v) is 16.1. The fraction of sp³-hybridized carbons (Fsp3) is 0.308. The third-order valence-electron chi connectivity index (χ3n) is 20.6. The van der Waals surface area contributed by atoms with E-state index in [4.69, 9.17) is 0 Å². The van der Waals surface area contributed by atoms with Crippen molar-refractivity contribution in [2.75, 3.05) is 14.7 Å². The topological polar surface area (TPSA) is 9.72 Å².